The molecule has 3 nitrogen and oxygen atoms in total. The maximum Gasteiger partial charge on any atom is 0.406 e. The van der Waals surface area contributed by atoms with E-state index in [1.54, 1.807) is 18.2 Å². The van der Waals surface area contributed by atoms with Crippen LogP contribution in [0.15, 0.2) is 54.7 Å². The second kappa shape index (κ2) is 6.20. The Morgan fingerprint density at radius 2 is 1.79 bits per heavy atom. The van der Waals surface area contributed by atoms with Crippen LogP contribution in [0.1, 0.15) is 11.1 Å². The van der Waals surface area contributed by atoms with E-state index in [0.29, 0.717) is 21.1 Å². The molecule has 2 aromatic rings. The van der Waals surface area contributed by atoms with Crippen LogP contribution >= 0.6 is 11.6 Å². The monoisotopic (exact) mass is 352 g/mol. The molecule has 0 spiro atoms. The number of carbonyl (C=O) groups is 1. The molecule has 0 atom stereocenters. The molecule has 0 unspecified atom stereocenters. The first kappa shape index (κ1) is 16.4. The van der Waals surface area contributed by atoms with Gasteiger partial charge in [0.05, 0.1) is 5.69 Å². The average molecular weight is 353 g/mol. The highest BCUT2D eigenvalue weighted by atomic mass is 35.5. The minimum atomic E-state index is -4.52. The highest BCUT2D eigenvalue weighted by Crippen LogP contribution is 2.36. The Morgan fingerprint density at radius 1 is 1.08 bits per heavy atom. The Morgan fingerprint density at radius 3 is 2.46 bits per heavy atom. The minimum absolute atomic E-state index is 0.154. The Bertz CT molecular complexity index is 803. The number of amides is 2. The highest BCUT2D eigenvalue weighted by Gasteiger charge is 2.36. The van der Waals surface area contributed by atoms with Crippen molar-refractivity contribution in [3.05, 3.63) is 70.9 Å². The largest absolute Gasteiger partial charge is 0.406 e. The van der Waals surface area contributed by atoms with Crippen LogP contribution in [0.25, 0.3) is 5.57 Å². The molecule has 0 saturated carbocycles. The lowest BCUT2D eigenvalue weighted by atomic mass is 9.97. The average Bonchev–Trinajstić information content (AvgIpc) is 2.65. The van der Waals surface area contributed by atoms with E-state index >= 15 is 0 Å². The summed E-state index contributed by atoms with van der Waals surface area (Å²) in [7, 11) is 0. The lowest BCUT2D eigenvalue weighted by Gasteiger charge is -2.24. The van der Waals surface area contributed by atoms with Gasteiger partial charge in [-0.2, -0.15) is 13.2 Å². The van der Waals surface area contributed by atoms with Gasteiger partial charge >= 0.3 is 12.2 Å². The van der Waals surface area contributed by atoms with Crippen molar-refractivity contribution in [2.45, 2.75) is 6.18 Å². The molecule has 0 aliphatic carbocycles. The number of hydrogen-bond donors (Lipinski definition) is 1. The van der Waals surface area contributed by atoms with Gasteiger partial charge in [-0.15, -0.1) is 0 Å². The first-order valence-corrected chi connectivity index (χ1v) is 7.43. The van der Waals surface area contributed by atoms with Crippen molar-refractivity contribution in [2.75, 3.05) is 11.4 Å². The van der Waals surface area contributed by atoms with Crippen molar-refractivity contribution in [2.24, 2.45) is 0 Å². The van der Waals surface area contributed by atoms with Gasteiger partial charge in [0.2, 0.25) is 0 Å². The summed E-state index contributed by atoms with van der Waals surface area (Å²) >= 11 is 6.03. The number of halogens is 4. The molecule has 0 bridgehead atoms. The van der Waals surface area contributed by atoms with Crippen molar-refractivity contribution < 1.29 is 18.0 Å². The van der Waals surface area contributed by atoms with Crippen LogP contribution in [0, 0.1) is 0 Å². The summed E-state index contributed by atoms with van der Waals surface area (Å²) in [6.45, 7) is -1.39. The summed E-state index contributed by atoms with van der Waals surface area (Å²) in [6, 6.07) is 12.6. The van der Waals surface area contributed by atoms with E-state index in [-0.39, 0.29) is 5.69 Å². The predicted molar refractivity (Wildman–Crippen MR) is 86.9 cm³/mol. The number of fused-ring (bicyclic) bond motifs is 1. The fourth-order valence-corrected chi connectivity index (χ4v) is 2.72. The summed E-state index contributed by atoms with van der Waals surface area (Å²) in [5.74, 6) is 0. The fraction of sp³-hybridized carbons (Fsp3) is 0.118. The number of nitrogens with one attached hydrogen (secondary N) is 1. The van der Waals surface area contributed by atoms with E-state index in [4.69, 9.17) is 11.6 Å². The van der Waals surface area contributed by atoms with E-state index < -0.39 is 18.8 Å². The molecule has 1 N–H and O–H groups in total. The molecule has 0 radical (unpaired) electrons. The minimum Gasteiger partial charge on any atom is -0.314 e. The van der Waals surface area contributed by atoms with Gasteiger partial charge in [-0.05, 0) is 23.8 Å². The van der Waals surface area contributed by atoms with Gasteiger partial charge in [0.15, 0.2) is 0 Å². The zero-order chi connectivity index (χ0) is 17.3. The number of rotatable bonds is 2. The van der Waals surface area contributed by atoms with Gasteiger partial charge in [0.25, 0.3) is 0 Å². The molecular weight excluding hydrogens is 341 g/mol. The van der Waals surface area contributed by atoms with Crippen molar-refractivity contribution in [1.82, 2.24) is 5.32 Å². The quantitative estimate of drug-likeness (QED) is 0.825. The van der Waals surface area contributed by atoms with Crippen LogP contribution in [0.3, 0.4) is 0 Å². The van der Waals surface area contributed by atoms with Crippen LogP contribution in [0.4, 0.5) is 23.7 Å². The summed E-state index contributed by atoms with van der Waals surface area (Å²) in [4.78, 5) is 12.8. The Hall–Kier alpha value is -2.47. The highest BCUT2D eigenvalue weighted by molar-refractivity contribution is 6.31. The van der Waals surface area contributed by atoms with Crippen molar-refractivity contribution in [3.8, 4) is 0 Å². The Balaban J connectivity index is 2.16. The van der Waals surface area contributed by atoms with Crippen molar-refractivity contribution in [1.29, 1.82) is 0 Å². The molecule has 0 fully saturated rings. The molecule has 3 rings (SSSR count). The number of alkyl halides is 3. The molecular formula is C17H12ClF3N2O. The lowest BCUT2D eigenvalue weighted by Crippen LogP contribution is -2.43. The summed E-state index contributed by atoms with van der Waals surface area (Å²) < 4.78 is 38.6. The molecule has 1 heterocycles. The van der Waals surface area contributed by atoms with Gasteiger partial charge < -0.3 is 5.32 Å². The van der Waals surface area contributed by atoms with Gasteiger partial charge in [-0.3, -0.25) is 4.90 Å². The zero-order valence-electron chi connectivity index (χ0n) is 12.3. The smallest absolute Gasteiger partial charge is 0.314 e. The van der Waals surface area contributed by atoms with Gasteiger partial charge in [-0.1, -0.05) is 41.9 Å². The van der Waals surface area contributed by atoms with E-state index in [1.807, 2.05) is 18.2 Å². The molecule has 2 aromatic carbocycles. The number of hydrogen-bond acceptors (Lipinski definition) is 1. The number of nitrogens with zero attached hydrogens (tertiary/aromatic N) is 1. The first-order valence-electron chi connectivity index (χ1n) is 7.05. The Kier molecular flexibility index (Phi) is 4.24. The zero-order valence-corrected chi connectivity index (χ0v) is 13.0. The number of carbonyl (C=O) groups excluding carboxylic acids is 1. The van der Waals surface area contributed by atoms with Crippen molar-refractivity contribution >= 4 is 28.9 Å². The molecule has 0 saturated heterocycles. The maximum atomic E-state index is 12.9. The summed E-state index contributed by atoms with van der Waals surface area (Å²) in [6.07, 6.45) is -3.12. The van der Waals surface area contributed by atoms with Crippen LogP contribution in [-0.2, 0) is 0 Å². The van der Waals surface area contributed by atoms with E-state index in [9.17, 15) is 18.0 Å². The van der Waals surface area contributed by atoms with E-state index in [1.165, 1.54) is 18.3 Å². The van der Waals surface area contributed by atoms with Crippen LogP contribution in [0.5, 0.6) is 0 Å². The molecule has 1 aliphatic rings. The van der Waals surface area contributed by atoms with E-state index in [2.05, 4.69) is 5.32 Å². The summed E-state index contributed by atoms with van der Waals surface area (Å²) in [5.41, 5.74) is 1.96. The SMILES string of the molecule is O=C1NC=C(c2ccccc2)c2cc(Cl)ccc2N1CC(F)(F)F. The standard InChI is InChI=1S/C17H12ClF3N2O/c18-12-6-7-15-13(8-12)14(11-4-2-1-3-5-11)9-22-16(24)23(15)10-17(19,20)21/h1-9H,10H2,(H,22,24). The third-order valence-electron chi connectivity index (χ3n) is 3.55. The molecule has 7 heteroatoms. The fourth-order valence-electron chi connectivity index (χ4n) is 2.55. The molecule has 24 heavy (non-hydrogen) atoms. The van der Waals surface area contributed by atoms with Crippen LogP contribution in [0.2, 0.25) is 5.02 Å². The van der Waals surface area contributed by atoms with Gasteiger partial charge in [0.1, 0.15) is 6.54 Å². The molecule has 124 valence electrons. The number of urea groups is 1. The Labute approximate surface area is 141 Å². The molecule has 2 amide bonds. The third kappa shape index (κ3) is 3.38. The van der Waals surface area contributed by atoms with Gasteiger partial charge in [-0.25, -0.2) is 4.79 Å². The van der Waals surface area contributed by atoms with Crippen molar-refractivity contribution in [3.63, 3.8) is 0 Å². The lowest BCUT2D eigenvalue weighted by molar-refractivity contribution is -0.118. The second-order valence-electron chi connectivity index (χ2n) is 5.24. The maximum absolute atomic E-state index is 12.9. The topological polar surface area (TPSA) is 32.3 Å². The first-order chi connectivity index (χ1) is 11.3. The van der Waals surface area contributed by atoms with Crippen LogP contribution < -0.4 is 10.2 Å². The summed E-state index contributed by atoms with van der Waals surface area (Å²) in [5, 5.41) is 2.79. The number of benzene rings is 2. The second-order valence-corrected chi connectivity index (χ2v) is 5.67. The van der Waals surface area contributed by atoms with Crippen LogP contribution in [-0.4, -0.2) is 18.8 Å². The molecule has 1 aliphatic heterocycles. The normalized spacial score (nSPS) is 14.6. The van der Waals surface area contributed by atoms with Gasteiger partial charge in [0, 0.05) is 22.4 Å². The third-order valence-corrected chi connectivity index (χ3v) is 3.78. The number of anilines is 1. The predicted octanol–water partition coefficient (Wildman–Crippen LogP) is 4.82. The van der Waals surface area contributed by atoms with E-state index in [0.717, 1.165) is 5.56 Å². The molecule has 0 aromatic heterocycles.